The van der Waals surface area contributed by atoms with E-state index in [9.17, 15) is 24.0 Å². The Hall–Kier alpha value is -4.48. The zero-order valence-corrected chi connectivity index (χ0v) is 26.9. The van der Waals surface area contributed by atoms with Gasteiger partial charge in [-0.15, -0.1) is 0 Å². The van der Waals surface area contributed by atoms with Crippen molar-refractivity contribution in [3.63, 3.8) is 0 Å². The van der Waals surface area contributed by atoms with Gasteiger partial charge in [0.15, 0.2) is 0 Å². The lowest BCUT2D eigenvalue weighted by atomic mass is 10.1. The van der Waals surface area contributed by atoms with Crippen molar-refractivity contribution in [3.8, 4) is 11.3 Å². The predicted molar refractivity (Wildman–Crippen MR) is 169 cm³/mol. The highest BCUT2D eigenvalue weighted by Gasteiger charge is 2.32. The van der Waals surface area contributed by atoms with Gasteiger partial charge >= 0.3 is 12.1 Å². The maximum Gasteiger partial charge on any atom is 0.409 e. The first-order valence-electron chi connectivity index (χ1n) is 15.4. The molecule has 0 aliphatic carbocycles. The number of hydrogen-bond donors (Lipinski definition) is 2. The highest BCUT2D eigenvalue weighted by Crippen LogP contribution is 2.22. The monoisotopic (exact) mass is 623 g/mol. The van der Waals surface area contributed by atoms with E-state index in [0.29, 0.717) is 18.0 Å². The van der Waals surface area contributed by atoms with Gasteiger partial charge in [-0.1, -0.05) is 50.1 Å². The molecule has 1 aromatic carbocycles. The van der Waals surface area contributed by atoms with E-state index in [1.807, 2.05) is 30.3 Å². The molecule has 1 fully saturated rings. The van der Waals surface area contributed by atoms with Gasteiger partial charge in [0.25, 0.3) is 5.91 Å². The smallest absolute Gasteiger partial charge is 0.409 e. The molecule has 12 heteroatoms. The summed E-state index contributed by atoms with van der Waals surface area (Å²) in [4.78, 5) is 71.8. The molecule has 0 spiro atoms. The molecule has 1 aliphatic rings. The summed E-state index contributed by atoms with van der Waals surface area (Å²) in [7, 11) is 0. The van der Waals surface area contributed by atoms with Crippen molar-refractivity contribution in [1.29, 1.82) is 0 Å². The molecule has 0 bridgehead atoms. The lowest BCUT2D eigenvalue weighted by Gasteiger charge is -2.36. The minimum absolute atomic E-state index is 0.00387. The molecule has 1 atom stereocenters. The fourth-order valence-electron chi connectivity index (χ4n) is 4.76. The molecule has 2 N–H and O–H groups in total. The third-order valence-corrected chi connectivity index (χ3v) is 6.93. The molecule has 1 saturated heterocycles. The molecule has 2 heterocycles. The van der Waals surface area contributed by atoms with Gasteiger partial charge in [0.1, 0.15) is 17.3 Å². The molecule has 2 aromatic rings. The number of nitrogens with one attached hydrogen (secondary N) is 2. The van der Waals surface area contributed by atoms with Gasteiger partial charge in [-0.25, -0.2) is 9.78 Å². The van der Waals surface area contributed by atoms with Crippen LogP contribution in [0.1, 0.15) is 77.2 Å². The maximum absolute atomic E-state index is 13.7. The van der Waals surface area contributed by atoms with Crippen LogP contribution < -0.4 is 10.6 Å². The Labute approximate surface area is 264 Å². The van der Waals surface area contributed by atoms with E-state index in [1.54, 1.807) is 36.6 Å². The summed E-state index contributed by atoms with van der Waals surface area (Å²) < 4.78 is 10.8. The lowest BCUT2D eigenvalue weighted by Crippen LogP contribution is -2.56. The van der Waals surface area contributed by atoms with Gasteiger partial charge in [-0.05, 0) is 45.7 Å². The SMILES string of the molecule is CCCCCOC(=O)N1CCN(C(=O)[C@H](CCC(=O)OC(C)(C)C)NC(=O)c2cc(NC(C)=O)cc(-c3ccccc3)n2)CC1. The first-order chi connectivity index (χ1) is 21.4. The molecule has 12 nitrogen and oxygen atoms in total. The standard InChI is InChI=1S/C33H45N5O7/c1-6-7-11-20-44-32(43)38-18-16-37(17-19-38)31(42)26(14-15-29(40)45-33(3,4)5)36-30(41)28-22-25(34-23(2)39)21-27(35-28)24-12-9-8-10-13-24/h8-10,12-13,21-22,26H,6-7,11,14-20H2,1-5H3,(H,36,41)(H,34,35,39)/t26-/m0/s1. The second kappa shape index (κ2) is 16.6. The Balaban J connectivity index is 1.77. The minimum Gasteiger partial charge on any atom is -0.460 e. The Morgan fingerprint density at radius 3 is 2.24 bits per heavy atom. The second-order valence-corrected chi connectivity index (χ2v) is 12.0. The average Bonchev–Trinajstić information content (AvgIpc) is 3.00. The number of aromatic nitrogens is 1. The Morgan fingerprint density at radius 2 is 1.62 bits per heavy atom. The molecule has 1 aliphatic heterocycles. The fraction of sp³-hybridized carbons (Fsp3) is 0.515. The summed E-state index contributed by atoms with van der Waals surface area (Å²) in [6.07, 6.45) is 2.28. The number of nitrogens with zero attached hydrogens (tertiary/aromatic N) is 3. The van der Waals surface area contributed by atoms with Crippen LogP contribution in [0.15, 0.2) is 42.5 Å². The number of carbonyl (C=O) groups excluding carboxylic acids is 5. The summed E-state index contributed by atoms with van der Waals surface area (Å²) in [5.41, 5.74) is 0.851. The van der Waals surface area contributed by atoms with Gasteiger partial charge in [0.05, 0.1) is 12.3 Å². The van der Waals surface area contributed by atoms with E-state index in [2.05, 4.69) is 22.5 Å². The van der Waals surface area contributed by atoms with Crippen LogP contribution in [0.2, 0.25) is 0 Å². The highest BCUT2D eigenvalue weighted by atomic mass is 16.6. The molecule has 0 saturated carbocycles. The molecule has 4 amide bonds. The van der Waals surface area contributed by atoms with E-state index in [4.69, 9.17) is 9.47 Å². The molecule has 0 radical (unpaired) electrons. The van der Waals surface area contributed by atoms with Crippen molar-refractivity contribution in [3.05, 3.63) is 48.2 Å². The molecule has 0 unspecified atom stereocenters. The largest absolute Gasteiger partial charge is 0.460 e. The number of anilines is 1. The van der Waals surface area contributed by atoms with Crippen molar-refractivity contribution in [2.75, 3.05) is 38.1 Å². The zero-order chi connectivity index (χ0) is 33.0. The van der Waals surface area contributed by atoms with Crippen molar-refractivity contribution in [2.24, 2.45) is 0 Å². The van der Waals surface area contributed by atoms with Crippen molar-refractivity contribution in [1.82, 2.24) is 20.1 Å². The number of esters is 1. The van der Waals surface area contributed by atoms with Crippen molar-refractivity contribution in [2.45, 2.75) is 78.4 Å². The number of ether oxygens (including phenoxy) is 2. The summed E-state index contributed by atoms with van der Waals surface area (Å²) in [5, 5.41) is 5.46. The Morgan fingerprint density at radius 1 is 0.956 bits per heavy atom. The van der Waals surface area contributed by atoms with Gasteiger partial charge in [-0.2, -0.15) is 0 Å². The summed E-state index contributed by atoms with van der Waals surface area (Å²) in [5.74, 6) is -1.84. The van der Waals surface area contributed by atoms with Crippen LogP contribution in [-0.2, 0) is 23.9 Å². The van der Waals surface area contributed by atoms with Crippen LogP contribution in [-0.4, -0.2) is 89.0 Å². The summed E-state index contributed by atoms with van der Waals surface area (Å²) in [6.45, 7) is 10.1. The van der Waals surface area contributed by atoms with E-state index < -0.39 is 29.6 Å². The second-order valence-electron chi connectivity index (χ2n) is 12.0. The van der Waals surface area contributed by atoms with Crippen LogP contribution in [0.25, 0.3) is 11.3 Å². The van der Waals surface area contributed by atoms with E-state index >= 15 is 0 Å². The summed E-state index contributed by atoms with van der Waals surface area (Å²) in [6, 6.07) is 11.2. The van der Waals surface area contributed by atoms with E-state index in [1.165, 1.54) is 13.0 Å². The number of hydrogen-bond acceptors (Lipinski definition) is 8. The minimum atomic E-state index is -1.07. The molecule has 3 rings (SSSR count). The maximum atomic E-state index is 13.7. The number of rotatable bonds is 12. The number of benzene rings is 1. The third kappa shape index (κ3) is 11.5. The average molecular weight is 624 g/mol. The quantitative estimate of drug-likeness (QED) is 0.261. The predicted octanol–water partition coefficient (Wildman–Crippen LogP) is 4.40. The van der Waals surface area contributed by atoms with Crippen LogP contribution in [0, 0.1) is 0 Å². The number of unbranched alkanes of at least 4 members (excludes halogenated alkanes) is 2. The van der Waals surface area contributed by atoms with Gasteiger partial charge in [-0.3, -0.25) is 19.2 Å². The van der Waals surface area contributed by atoms with Crippen LogP contribution >= 0.6 is 0 Å². The summed E-state index contributed by atoms with van der Waals surface area (Å²) >= 11 is 0. The first kappa shape index (κ1) is 35.0. The third-order valence-electron chi connectivity index (χ3n) is 6.93. The molecule has 244 valence electrons. The molecule has 45 heavy (non-hydrogen) atoms. The van der Waals surface area contributed by atoms with Crippen LogP contribution in [0.5, 0.6) is 0 Å². The number of carbonyl (C=O) groups is 5. The van der Waals surface area contributed by atoms with Crippen LogP contribution in [0.3, 0.4) is 0 Å². The van der Waals surface area contributed by atoms with Gasteiger partial charge in [0.2, 0.25) is 11.8 Å². The Kier molecular flexibility index (Phi) is 12.9. The number of piperazine rings is 1. The Bertz CT molecular complexity index is 1330. The van der Waals surface area contributed by atoms with Gasteiger partial charge in [0, 0.05) is 50.8 Å². The molecular weight excluding hydrogens is 578 g/mol. The lowest BCUT2D eigenvalue weighted by molar-refractivity contribution is -0.155. The molecular formula is C33H45N5O7. The highest BCUT2D eigenvalue weighted by molar-refractivity contribution is 5.98. The van der Waals surface area contributed by atoms with E-state index in [0.717, 1.165) is 24.8 Å². The normalized spacial score (nSPS) is 13.9. The van der Waals surface area contributed by atoms with Crippen LogP contribution in [0.4, 0.5) is 10.5 Å². The van der Waals surface area contributed by atoms with E-state index in [-0.39, 0.29) is 56.5 Å². The molecule has 1 aromatic heterocycles. The number of pyridine rings is 1. The topological polar surface area (TPSA) is 147 Å². The number of amides is 4. The van der Waals surface area contributed by atoms with Gasteiger partial charge < -0.3 is 29.9 Å². The zero-order valence-electron chi connectivity index (χ0n) is 26.9. The van der Waals surface area contributed by atoms with Crippen molar-refractivity contribution >= 4 is 35.5 Å². The first-order valence-corrected chi connectivity index (χ1v) is 15.4. The van der Waals surface area contributed by atoms with Crippen molar-refractivity contribution < 1.29 is 33.4 Å². The fourth-order valence-corrected chi connectivity index (χ4v) is 4.76.